The molecule has 0 aliphatic heterocycles. The van der Waals surface area contributed by atoms with E-state index in [2.05, 4.69) is 15.6 Å². The molecule has 140 valence electrons. The number of nitrogens with one attached hydrogen (secondary N) is 2. The molecule has 2 aromatic heterocycles. The largest absolute Gasteiger partial charge is 0.450 e. The van der Waals surface area contributed by atoms with E-state index in [-0.39, 0.29) is 5.91 Å². The van der Waals surface area contributed by atoms with Crippen LogP contribution in [0.2, 0.25) is 0 Å². The van der Waals surface area contributed by atoms with Gasteiger partial charge in [-0.2, -0.15) is 0 Å². The molecular formula is C19H19N3O3S2. The summed E-state index contributed by atoms with van der Waals surface area (Å²) in [5, 5.41) is 8.57. The Morgan fingerprint density at radius 2 is 1.93 bits per heavy atom. The Bertz CT molecular complexity index is 932. The number of thiophene rings is 1. The zero-order chi connectivity index (χ0) is 19.2. The van der Waals surface area contributed by atoms with E-state index in [1.807, 2.05) is 24.4 Å². The monoisotopic (exact) mass is 401 g/mol. The van der Waals surface area contributed by atoms with Crippen molar-refractivity contribution in [1.82, 2.24) is 10.3 Å². The summed E-state index contributed by atoms with van der Waals surface area (Å²) in [5.41, 5.74) is 2.08. The van der Waals surface area contributed by atoms with Crippen molar-refractivity contribution in [1.29, 1.82) is 0 Å². The number of benzene rings is 1. The summed E-state index contributed by atoms with van der Waals surface area (Å²) in [6, 6.07) is 10.7. The molecule has 0 spiro atoms. The van der Waals surface area contributed by atoms with E-state index in [1.54, 1.807) is 53.9 Å². The van der Waals surface area contributed by atoms with Gasteiger partial charge in [0.05, 0.1) is 28.7 Å². The summed E-state index contributed by atoms with van der Waals surface area (Å²) in [6.07, 6.45) is -0.515. The average Bonchev–Trinajstić information content (AvgIpc) is 3.29. The summed E-state index contributed by atoms with van der Waals surface area (Å²) in [7, 11) is 0. The van der Waals surface area contributed by atoms with Gasteiger partial charge in [0.25, 0.3) is 5.91 Å². The summed E-state index contributed by atoms with van der Waals surface area (Å²) >= 11 is 3.24. The highest BCUT2D eigenvalue weighted by molar-refractivity contribution is 7.16. The quantitative estimate of drug-likeness (QED) is 0.628. The highest BCUT2D eigenvalue weighted by Gasteiger charge is 2.09. The van der Waals surface area contributed by atoms with E-state index in [9.17, 15) is 9.59 Å². The van der Waals surface area contributed by atoms with Crippen LogP contribution in [-0.2, 0) is 11.3 Å². The number of anilines is 1. The van der Waals surface area contributed by atoms with Gasteiger partial charge in [0.15, 0.2) is 0 Å². The number of hydrogen-bond acceptors (Lipinski definition) is 6. The van der Waals surface area contributed by atoms with Gasteiger partial charge < -0.3 is 10.1 Å². The maximum Gasteiger partial charge on any atom is 0.411 e. The van der Waals surface area contributed by atoms with Crippen molar-refractivity contribution in [2.75, 3.05) is 11.9 Å². The van der Waals surface area contributed by atoms with E-state index >= 15 is 0 Å². The molecule has 27 heavy (non-hydrogen) atoms. The second kappa shape index (κ2) is 8.79. The number of hydrogen-bond donors (Lipinski definition) is 2. The molecule has 0 aliphatic rings. The Morgan fingerprint density at radius 1 is 1.15 bits per heavy atom. The summed E-state index contributed by atoms with van der Waals surface area (Å²) in [5.74, 6) is -0.169. The van der Waals surface area contributed by atoms with Crippen LogP contribution in [0, 0.1) is 6.92 Å². The third-order valence-corrected chi connectivity index (χ3v) is 5.51. The second-order valence-electron chi connectivity index (χ2n) is 5.62. The van der Waals surface area contributed by atoms with Crippen molar-refractivity contribution >= 4 is 40.4 Å². The molecule has 2 N–H and O–H groups in total. The van der Waals surface area contributed by atoms with Crippen LogP contribution in [0.15, 0.2) is 41.8 Å². The number of thiazole rings is 1. The Labute approximate surface area is 165 Å². The molecule has 0 unspecified atom stereocenters. The summed E-state index contributed by atoms with van der Waals surface area (Å²) < 4.78 is 4.81. The van der Waals surface area contributed by atoms with Crippen LogP contribution in [0.1, 0.15) is 27.2 Å². The lowest BCUT2D eigenvalue weighted by Crippen LogP contribution is -2.22. The molecule has 1 aromatic carbocycles. The van der Waals surface area contributed by atoms with Gasteiger partial charge in [-0.05, 0) is 50.2 Å². The summed E-state index contributed by atoms with van der Waals surface area (Å²) in [6.45, 7) is 4.48. The lowest BCUT2D eigenvalue weighted by molar-refractivity contribution is 0.0951. The fourth-order valence-electron chi connectivity index (χ4n) is 2.35. The minimum Gasteiger partial charge on any atom is -0.450 e. The molecule has 0 radical (unpaired) electrons. The predicted octanol–water partition coefficient (Wildman–Crippen LogP) is 4.68. The van der Waals surface area contributed by atoms with Gasteiger partial charge in [-0.1, -0.05) is 0 Å². The highest BCUT2D eigenvalue weighted by atomic mass is 32.1. The fraction of sp³-hybridized carbons (Fsp3) is 0.211. The molecule has 0 fully saturated rings. The number of rotatable bonds is 6. The lowest BCUT2D eigenvalue weighted by Gasteiger charge is -2.07. The molecular weight excluding hydrogens is 382 g/mol. The van der Waals surface area contributed by atoms with E-state index in [0.717, 1.165) is 20.5 Å². The third kappa shape index (κ3) is 5.15. The van der Waals surface area contributed by atoms with Crippen molar-refractivity contribution < 1.29 is 14.3 Å². The first-order valence-corrected chi connectivity index (χ1v) is 10.1. The van der Waals surface area contributed by atoms with Gasteiger partial charge in [0, 0.05) is 21.5 Å². The number of amides is 2. The molecule has 6 nitrogen and oxygen atoms in total. The van der Waals surface area contributed by atoms with Crippen LogP contribution in [0.4, 0.5) is 10.5 Å². The lowest BCUT2D eigenvalue weighted by atomic mass is 10.2. The zero-order valence-electron chi connectivity index (χ0n) is 14.9. The maximum atomic E-state index is 12.3. The van der Waals surface area contributed by atoms with Crippen molar-refractivity contribution in [3.05, 3.63) is 57.2 Å². The molecule has 0 saturated carbocycles. The smallest absolute Gasteiger partial charge is 0.411 e. The fourth-order valence-corrected chi connectivity index (χ4v) is 3.94. The van der Waals surface area contributed by atoms with E-state index in [1.165, 1.54) is 0 Å². The van der Waals surface area contributed by atoms with E-state index in [0.29, 0.717) is 24.4 Å². The van der Waals surface area contributed by atoms with Crippen molar-refractivity contribution in [2.24, 2.45) is 0 Å². The van der Waals surface area contributed by atoms with Crippen LogP contribution in [0.3, 0.4) is 0 Å². The predicted molar refractivity (Wildman–Crippen MR) is 108 cm³/mol. The first kappa shape index (κ1) is 19.1. The Balaban J connectivity index is 1.55. The van der Waals surface area contributed by atoms with Crippen molar-refractivity contribution in [3.63, 3.8) is 0 Å². The van der Waals surface area contributed by atoms with Crippen LogP contribution in [-0.4, -0.2) is 23.6 Å². The minimum absolute atomic E-state index is 0.169. The minimum atomic E-state index is -0.515. The number of aromatic nitrogens is 1. The van der Waals surface area contributed by atoms with Gasteiger partial charge in [-0.3, -0.25) is 10.1 Å². The van der Waals surface area contributed by atoms with Gasteiger partial charge >= 0.3 is 6.09 Å². The molecule has 0 aliphatic carbocycles. The molecule has 0 saturated heterocycles. The number of ether oxygens (including phenoxy) is 1. The van der Waals surface area contributed by atoms with Crippen LogP contribution in [0.25, 0.3) is 10.6 Å². The number of carbonyl (C=O) groups excluding carboxylic acids is 2. The van der Waals surface area contributed by atoms with Gasteiger partial charge in [0.2, 0.25) is 0 Å². The number of aryl methyl sites for hydroxylation is 1. The normalized spacial score (nSPS) is 10.4. The second-order valence-corrected chi connectivity index (χ2v) is 7.85. The third-order valence-electron chi connectivity index (χ3n) is 3.63. The van der Waals surface area contributed by atoms with E-state index in [4.69, 9.17) is 4.74 Å². The van der Waals surface area contributed by atoms with Gasteiger partial charge in [-0.25, -0.2) is 9.78 Å². The zero-order valence-corrected chi connectivity index (χ0v) is 16.6. The molecule has 0 atom stereocenters. The van der Waals surface area contributed by atoms with Crippen molar-refractivity contribution in [2.45, 2.75) is 20.4 Å². The molecule has 3 aromatic rings. The Hall–Kier alpha value is -2.71. The topological polar surface area (TPSA) is 80.3 Å². The van der Waals surface area contributed by atoms with Crippen LogP contribution < -0.4 is 10.6 Å². The molecule has 3 rings (SSSR count). The van der Waals surface area contributed by atoms with Gasteiger partial charge in [0.1, 0.15) is 0 Å². The van der Waals surface area contributed by atoms with Crippen LogP contribution >= 0.6 is 22.7 Å². The average molecular weight is 402 g/mol. The first-order valence-electron chi connectivity index (χ1n) is 8.38. The molecule has 0 bridgehead atoms. The molecule has 8 heteroatoms. The Morgan fingerprint density at radius 3 is 2.59 bits per heavy atom. The highest BCUT2D eigenvalue weighted by Crippen LogP contribution is 2.28. The van der Waals surface area contributed by atoms with Crippen molar-refractivity contribution in [3.8, 4) is 10.6 Å². The maximum absolute atomic E-state index is 12.3. The van der Waals surface area contributed by atoms with Crippen LogP contribution in [0.5, 0.6) is 0 Å². The van der Waals surface area contributed by atoms with E-state index < -0.39 is 6.09 Å². The van der Waals surface area contributed by atoms with Gasteiger partial charge in [-0.15, -0.1) is 22.7 Å². The number of nitrogens with zero attached hydrogens (tertiary/aromatic N) is 1. The SMILES string of the molecule is CCOC(=O)Nc1ccc(C(=O)NCc2ccc(-c3csc(C)n3)s2)cc1. The standard InChI is InChI=1S/C19H19N3O3S2/c1-3-25-19(24)22-14-6-4-13(5-7-14)18(23)20-10-15-8-9-17(27-15)16-11-26-12(2)21-16/h4-9,11H,3,10H2,1-2H3,(H,20,23)(H,22,24). The molecule has 2 amide bonds. The Kier molecular flexibility index (Phi) is 6.20. The summed E-state index contributed by atoms with van der Waals surface area (Å²) in [4.78, 5) is 30.3. The molecule has 2 heterocycles. The first-order chi connectivity index (χ1) is 13.0. The number of carbonyl (C=O) groups is 2.